The van der Waals surface area contributed by atoms with E-state index in [0.29, 0.717) is 35.1 Å². The number of benzene rings is 2. The van der Waals surface area contributed by atoms with Crippen molar-refractivity contribution in [3.05, 3.63) is 64.7 Å². The summed E-state index contributed by atoms with van der Waals surface area (Å²) in [5, 5.41) is 0.434. The van der Waals surface area contributed by atoms with E-state index in [1.165, 1.54) is 0 Å². The molecule has 2 aromatic carbocycles. The second-order valence-electron chi connectivity index (χ2n) is 4.15. The molecule has 0 heterocycles. The van der Waals surface area contributed by atoms with Gasteiger partial charge in [-0.3, -0.25) is 4.79 Å². The first-order valence-electron chi connectivity index (χ1n) is 6.24. The molecule has 0 unspecified atom stereocenters. The van der Waals surface area contributed by atoms with Gasteiger partial charge < -0.3 is 9.47 Å². The SMILES string of the molecule is COCCOc1ccccc1C(=O)c1ccccc1Cl. The minimum Gasteiger partial charge on any atom is -0.490 e. The molecule has 4 heteroatoms. The second kappa shape index (κ2) is 7.08. The molecule has 0 radical (unpaired) electrons. The van der Waals surface area contributed by atoms with Gasteiger partial charge in [-0.05, 0) is 24.3 Å². The normalized spacial score (nSPS) is 10.3. The first-order valence-corrected chi connectivity index (χ1v) is 6.62. The van der Waals surface area contributed by atoms with Gasteiger partial charge in [0, 0.05) is 12.7 Å². The maximum absolute atomic E-state index is 12.5. The molecule has 0 saturated carbocycles. The van der Waals surface area contributed by atoms with Crippen LogP contribution in [0.1, 0.15) is 15.9 Å². The van der Waals surface area contributed by atoms with E-state index in [1.54, 1.807) is 49.6 Å². The van der Waals surface area contributed by atoms with Crippen LogP contribution in [0.15, 0.2) is 48.5 Å². The van der Waals surface area contributed by atoms with Gasteiger partial charge in [0.2, 0.25) is 0 Å². The quantitative estimate of drug-likeness (QED) is 0.602. The van der Waals surface area contributed by atoms with Crippen molar-refractivity contribution in [3.63, 3.8) is 0 Å². The Balaban J connectivity index is 2.28. The Kier molecular flexibility index (Phi) is 5.16. The minimum atomic E-state index is -0.149. The van der Waals surface area contributed by atoms with Gasteiger partial charge in [0.05, 0.1) is 17.2 Å². The Bertz CT molecular complexity index is 596. The molecule has 0 amide bonds. The summed E-state index contributed by atoms with van der Waals surface area (Å²) in [4.78, 5) is 12.5. The van der Waals surface area contributed by atoms with Crippen LogP contribution in [-0.4, -0.2) is 26.1 Å². The second-order valence-corrected chi connectivity index (χ2v) is 4.55. The lowest BCUT2D eigenvalue weighted by Gasteiger charge is -2.11. The zero-order chi connectivity index (χ0) is 14.4. The van der Waals surface area contributed by atoms with E-state index in [1.807, 2.05) is 6.07 Å². The Labute approximate surface area is 123 Å². The fourth-order valence-electron chi connectivity index (χ4n) is 1.81. The number of rotatable bonds is 6. The highest BCUT2D eigenvalue weighted by atomic mass is 35.5. The smallest absolute Gasteiger partial charge is 0.198 e. The minimum absolute atomic E-state index is 0.149. The summed E-state index contributed by atoms with van der Waals surface area (Å²) in [6.07, 6.45) is 0. The number of halogens is 1. The van der Waals surface area contributed by atoms with Gasteiger partial charge in [0.15, 0.2) is 5.78 Å². The van der Waals surface area contributed by atoms with E-state index in [4.69, 9.17) is 21.1 Å². The molecule has 3 nitrogen and oxygen atoms in total. The Morgan fingerprint density at radius 1 is 1.00 bits per heavy atom. The van der Waals surface area contributed by atoms with E-state index in [2.05, 4.69) is 0 Å². The van der Waals surface area contributed by atoms with E-state index in [0.717, 1.165) is 0 Å². The highest BCUT2D eigenvalue weighted by molar-refractivity contribution is 6.35. The molecule has 2 rings (SSSR count). The number of carbonyl (C=O) groups is 1. The highest BCUT2D eigenvalue weighted by Crippen LogP contribution is 2.25. The zero-order valence-electron chi connectivity index (χ0n) is 11.1. The molecule has 0 fully saturated rings. The predicted octanol–water partition coefficient (Wildman–Crippen LogP) is 3.60. The van der Waals surface area contributed by atoms with Crippen LogP contribution >= 0.6 is 11.6 Å². The number of hydrogen-bond acceptors (Lipinski definition) is 3. The number of hydrogen-bond donors (Lipinski definition) is 0. The van der Waals surface area contributed by atoms with Crippen molar-refractivity contribution in [1.82, 2.24) is 0 Å². The van der Waals surface area contributed by atoms with Crippen molar-refractivity contribution in [1.29, 1.82) is 0 Å². The Hall–Kier alpha value is -1.84. The average molecular weight is 291 g/mol. The third-order valence-electron chi connectivity index (χ3n) is 2.80. The van der Waals surface area contributed by atoms with Gasteiger partial charge in [-0.25, -0.2) is 0 Å². The lowest BCUT2D eigenvalue weighted by atomic mass is 10.0. The summed E-state index contributed by atoms with van der Waals surface area (Å²) in [6, 6.07) is 14.1. The standard InChI is InChI=1S/C16H15ClO3/c1-19-10-11-20-15-9-5-3-7-13(15)16(18)12-6-2-4-8-14(12)17/h2-9H,10-11H2,1H3. The molecule has 0 aromatic heterocycles. The summed E-state index contributed by atoms with van der Waals surface area (Å²) in [5.41, 5.74) is 0.966. The topological polar surface area (TPSA) is 35.5 Å². The first-order chi connectivity index (χ1) is 9.74. The molecule has 0 spiro atoms. The van der Waals surface area contributed by atoms with E-state index in [9.17, 15) is 4.79 Å². The average Bonchev–Trinajstić information content (AvgIpc) is 2.48. The van der Waals surface area contributed by atoms with Crippen LogP contribution in [0.25, 0.3) is 0 Å². The molecule has 0 aliphatic heterocycles. The fraction of sp³-hybridized carbons (Fsp3) is 0.188. The van der Waals surface area contributed by atoms with E-state index < -0.39 is 0 Å². The molecule has 0 bridgehead atoms. The molecule has 0 N–H and O–H groups in total. The van der Waals surface area contributed by atoms with Crippen molar-refractivity contribution >= 4 is 17.4 Å². The lowest BCUT2D eigenvalue weighted by molar-refractivity contribution is 0.103. The summed E-state index contributed by atoms with van der Waals surface area (Å²) in [7, 11) is 1.60. The number of ketones is 1. The van der Waals surface area contributed by atoms with Gasteiger partial charge in [0.1, 0.15) is 12.4 Å². The maximum atomic E-state index is 12.5. The van der Waals surface area contributed by atoms with Crippen molar-refractivity contribution < 1.29 is 14.3 Å². The third kappa shape index (κ3) is 3.38. The number of carbonyl (C=O) groups excluding carboxylic acids is 1. The molecule has 0 aliphatic carbocycles. The van der Waals surface area contributed by atoms with Crippen LogP contribution in [0.3, 0.4) is 0 Å². The van der Waals surface area contributed by atoms with Crippen LogP contribution in [0.5, 0.6) is 5.75 Å². The summed E-state index contributed by atoms with van der Waals surface area (Å²) >= 11 is 6.07. The van der Waals surface area contributed by atoms with Crippen molar-refractivity contribution in [2.75, 3.05) is 20.3 Å². The lowest BCUT2D eigenvalue weighted by Crippen LogP contribution is -2.09. The number of methoxy groups -OCH3 is 1. The molecule has 0 saturated heterocycles. The highest BCUT2D eigenvalue weighted by Gasteiger charge is 2.16. The van der Waals surface area contributed by atoms with Crippen molar-refractivity contribution in [2.45, 2.75) is 0 Å². The van der Waals surface area contributed by atoms with Crippen molar-refractivity contribution in [3.8, 4) is 5.75 Å². The zero-order valence-corrected chi connectivity index (χ0v) is 11.9. The van der Waals surface area contributed by atoms with Crippen LogP contribution in [-0.2, 0) is 4.74 Å². The van der Waals surface area contributed by atoms with Gasteiger partial charge in [-0.1, -0.05) is 35.9 Å². The van der Waals surface area contributed by atoms with Crippen LogP contribution in [0, 0.1) is 0 Å². The monoisotopic (exact) mass is 290 g/mol. The first kappa shape index (κ1) is 14.6. The van der Waals surface area contributed by atoms with E-state index in [-0.39, 0.29) is 5.78 Å². The predicted molar refractivity (Wildman–Crippen MR) is 78.7 cm³/mol. The van der Waals surface area contributed by atoms with E-state index >= 15 is 0 Å². The van der Waals surface area contributed by atoms with Crippen LogP contribution < -0.4 is 4.74 Å². The maximum Gasteiger partial charge on any atom is 0.198 e. The Morgan fingerprint density at radius 3 is 2.35 bits per heavy atom. The number of ether oxygens (including phenoxy) is 2. The molecule has 2 aromatic rings. The molecule has 104 valence electrons. The third-order valence-corrected chi connectivity index (χ3v) is 3.12. The molecular formula is C16H15ClO3. The molecule has 20 heavy (non-hydrogen) atoms. The molecule has 0 atom stereocenters. The molecular weight excluding hydrogens is 276 g/mol. The summed E-state index contributed by atoms with van der Waals surface area (Å²) in [5.74, 6) is 0.387. The fourth-order valence-corrected chi connectivity index (χ4v) is 2.03. The van der Waals surface area contributed by atoms with Gasteiger partial charge in [-0.15, -0.1) is 0 Å². The van der Waals surface area contributed by atoms with Crippen molar-refractivity contribution in [2.24, 2.45) is 0 Å². The summed E-state index contributed by atoms with van der Waals surface area (Å²) < 4.78 is 10.5. The number of para-hydroxylation sites is 1. The van der Waals surface area contributed by atoms with Crippen LogP contribution in [0.4, 0.5) is 0 Å². The van der Waals surface area contributed by atoms with Gasteiger partial charge >= 0.3 is 0 Å². The summed E-state index contributed by atoms with van der Waals surface area (Å²) in [6.45, 7) is 0.859. The van der Waals surface area contributed by atoms with Gasteiger partial charge in [0.25, 0.3) is 0 Å². The van der Waals surface area contributed by atoms with Crippen LogP contribution in [0.2, 0.25) is 5.02 Å². The van der Waals surface area contributed by atoms with Gasteiger partial charge in [-0.2, -0.15) is 0 Å². The largest absolute Gasteiger partial charge is 0.490 e. The Morgan fingerprint density at radius 2 is 1.65 bits per heavy atom. The molecule has 0 aliphatic rings.